The number of anilines is 1. The van der Waals surface area contributed by atoms with E-state index in [-0.39, 0.29) is 17.0 Å². The number of hydrogen-bond donors (Lipinski definition) is 1. The summed E-state index contributed by atoms with van der Waals surface area (Å²) in [4.78, 5) is 35.3. The van der Waals surface area contributed by atoms with Gasteiger partial charge in [0.15, 0.2) is 17.7 Å². The van der Waals surface area contributed by atoms with E-state index in [0.717, 1.165) is 18.2 Å². The lowest BCUT2D eigenvalue weighted by Crippen LogP contribution is -2.24. The van der Waals surface area contributed by atoms with Crippen LogP contribution in [0.25, 0.3) is 0 Å². The number of hydrogen-bond acceptors (Lipinski definition) is 4. The molecular formula is C18H15F2NO4. The van der Waals surface area contributed by atoms with E-state index in [1.807, 2.05) is 0 Å². The van der Waals surface area contributed by atoms with Crippen molar-refractivity contribution in [2.24, 2.45) is 0 Å². The molecule has 2 aromatic carbocycles. The lowest BCUT2D eigenvalue weighted by atomic mass is 10.1. The number of amides is 1. The summed E-state index contributed by atoms with van der Waals surface area (Å²) in [6.45, 7) is 2.66. The number of ether oxygens (including phenoxy) is 1. The van der Waals surface area contributed by atoms with Gasteiger partial charge in [-0.05, 0) is 43.3 Å². The van der Waals surface area contributed by atoms with Crippen molar-refractivity contribution < 1.29 is 27.9 Å². The molecule has 1 N–H and O–H groups in total. The van der Waals surface area contributed by atoms with Crippen LogP contribution in [0.5, 0.6) is 0 Å². The highest BCUT2D eigenvalue weighted by atomic mass is 19.2. The molecule has 1 amide bonds. The van der Waals surface area contributed by atoms with E-state index in [4.69, 9.17) is 4.74 Å². The average Bonchev–Trinajstić information content (AvgIpc) is 2.56. The molecule has 25 heavy (non-hydrogen) atoms. The molecule has 2 rings (SSSR count). The molecule has 0 spiro atoms. The van der Waals surface area contributed by atoms with Gasteiger partial charge < -0.3 is 10.1 Å². The number of nitrogens with one attached hydrogen (secondary N) is 1. The highest BCUT2D eigenvalue weighted by molar-refractivity contribution is 6.01. The number of carbonyl (C=O) groups excluding carboxylic acids is 3. The Bertz CT molecular complexity index is 836. The molecule has 0 aromatic heterocycles. The highest BCUT2D eigenvalue weighted by Crippen LogP contribution is 2.15. The fraction of sp³-hybridized carbons (Fsp3) is 0.167. The molecule has 0 aliphatic carbocycles. The summed E-state index contributed by atoms with van der Waals surface area (Å²) in [6.07, 6.45) is -1.19. The third-order valence-corrected chi connectivity index (χ3v) is 3.28. The molecule has 0 heterocycles. The smallest absolute Gasteiger partial charge is 0.338 e. The van der Waals surface area contributed by atoms with Crippen LogP contribution in [0, 0.1) is 11.6 Å². The van der Waals surface area contributed by atoms with Crippen LogP contribution in [-0.4, -0.2) is 23.8 Å². The minimum atomic E-state index is -1.19. The van der Waals surface area contributed by atoms with Gasteiger partial charge in [0.1, 0.15) is 0 Å². The topological polar surface area (TPSA) is 72.5 Å². The minimum Gasteiger partial charge on any atom is -0.451 e. The molecular weight excluding hydrogens is 332 g/mol. The summed E-state index contributed by atoms with van der Waals surface area (Å²) in [5.74, 6) is -3.98. The molecule has 1 atom stereocenters. The van der Waals surface area contributed by atoms with Crippen molar-refractivity contribution in [2.75, 3.05) is 5.32 Å². The van der Waals surface area contributed by atoms with Crippen LogP contribution in [0.15, 0.2) is 42.5 Å². The average molecular weight is 347 g/mol. The molecule has 0 aliphatic heterocycles. The van der Waals surface area contributed by atoms with Crippen LogP contribution in [0.2, 0.25) is 0 Å². The molecule has 0 aliphatic rings. The lowest BCUT2D eigenvalue weighted by molar-refractivity contribution is -0.114. The SMILES string of the molecule is CC(=O)Nc1cccc(C(=O)O[C@H](C)C(=O)c2ccc(F)c(F)c2)c1. The third-order valence-electron chi connectivity index (χ3n) is 3.28. The Morgan fingerprint density at radius 2 is 1.72 bits per heavy atom. The summed E-state index contributed by atoms with van der Waals surface area (Å²) in [7, 11) is 0. The lowest BCUT2D eigenvalue weighted by Gasteiger charge is -2.13. The predicted octanol–water partition coefficient (Wildman–Crippen LogP) is 3.35. The van der Waals surface area contributed by atoms with Gasteiger partial charge >= 0.3 is 5.97 Å². The van der Waals surface area contributed by atoms with E-state index < -0.39 is 29.5 Å². The summed E-state index contributed by atoms with van der Waals surface area (Å²) >= 11 is 0. The second-order valence-corrected chi connectivity index (χ2v) is 5.30. The fourth-order valence-electron chi connectivity index (χ4n) is 2.09. The van der Waals surface area contributed by atoms with Crippen molar-refractivity contribution in [2.45, 2.75) is 20.0 Å². The number of carbonyl (C=O) groups is 3. The first-order valence-electron chi connectivity index (χ1n) is 7.36. The fourth-order valence-corrected chi connectivity index (χ4v) is 2.09. The monoisotopic (exact) mass is 347 g/mol. The number of benzene rings is 2. The molecule has 7 heteroatoms. The molecule has 0 saturated heterocycles. The first-order valence-corrected chi connectivity index (χ1v) is 7.36. The number of rotatable bonds is 5. The zero-order valence-corrected chi connectivity index (χ0v) is 13.5. The van der Waals surface area contributed by atoms with E-state index in [9.17, 15) is 23.2 Å². The van der Waals surface area contributed by atoms with Crippen LogP contribution in [0.1, 0.15) is 34.6 Å². The summed E-state index contributed by atoms with van der Waals surface area (Å²) in [5.41, 5.74) is 0.434. The number of Topliss-reactive ketones (excluding diaryl/α,β-unsaturated/α-hetero) is 1. The van der Waals surface area contributed by atoms with Gasteiger partial charge in [0.2, 0.25) is 11.7 Å². The standard InChI is InChI=1S/C18H15F2NO4/c1-10(17(23)12-6-7-15(19)16(20)9-12)25-18(24)13-4-3-5-14(8-13)21-11(2)22/h3-10H,1-2H3,(H,21,22)/t10-/m1/s1. The second-order valence-electron chi connectivity index (χ2n) is 5.30. The van der Waals surface area contributed by atoms with Crippen molar-refractivity contribution >= 4 is 23.3 Å². The first kappa shape index (κ1) is 18.3. The maximum Gasteiger partial charge on any atom is 0.338 e. The van der Waals surface area contributed by atoms with Gasteiger partial charge in [0, 0.05) is 18.2 Å². The van der Waals surface area contributed by atoms with Crippen LogP contribution >= 0.6 is 0 Å². The molecule has 2 aromatic rings. The van der Waals surface area contributed by atoms with Crippen LogP contribution in [0.4, 0.5) is 14.5 Å². The summed E-state index contributed by atoms with van der Waals surface area (Å²) in [5, 5.41) is 2.52. The number of halogens is 2. The maximum absolute atomic E-state index is 13.2. The van der Waals surface area contributed by atoms with E-state index >= 15 is 0 Å². The normalized spacial score (nSPS) is 11.5. The van der Waals surface area contributed by atoms with Crippen molar-refractivity contribution in [3.8, 4) is 0 Å². The minimum absolute atomic E-state index is 0.105. The van der Waals surface area contributed by atoms with Crippen molar-refractivity contribution in [1.82, 2.24) is 0 Å². The predicted molar refractivity (Wildman–Crippen MR) is 86.3 cm³/mol. The molecule has 0 saturated carbocycles. The van der Waals surface area contributed by atoms with Gasteiger partial charge in [0.05, 0.1) is 5.56 Å². The van der Waals surface area contributed by atoms with Gasteiger partial charge in [-0.15, -0.1) is 0 Å². The molecule has 0 bridgehead atoms. The van der Waals surface area contributed by atoms with E-state index in [1.54, 1.807) is 12.1 Å². The van der Waals surface area contributed by atoms with Crippen molar-refractivity contribution in [3.63, 3.8) is 0 Å². The highest BCUT2D eigenvalue weighted by Gasteiger charge is 2.21. The Labute approximate surface area is 142 Å². The Morgan fingerprint density at radius 3 is 2.36 bits per heavy atom. The van der Waals surface area contributed by atoms with Gasteiger partial charge in [-0.3, -0.25) is 9.59 Å². The second kappa shape index (κ2) is 7.65. The van der Waals surface area contributed by atoms with Crippen LogP contribution in [0.3, 0.4) is 0 Å². The Morgan fingerprint density at radius 1 is 1.00 bits per heavy atom. The van der Waals surface area contributed by atoms with E-state index in [2.05, 4.69) is 5.32 Å². The molecule has 0 radical (unpaired) electrons. The molecule has 0 unspecified atom stereocenters. The zero-order valence-electron chi connectivity index (χ0n) is 13.5. The molecule has 5 nitrogen and oxygen atoms in total. The Kier molecular flexibility index (Phi) is 5.59. The number of ketones is 1. The van der Waals surface area contributed by atoms with Gasteiger partial charge in [-0.1, -0.05) is 6.07 Å². The van der Waals surface area contributed by atoms with Crippen molar-refractivity contribution in [3.05, 3.63) is 65.2 Å². The molecule has 0 fully saturated rings. The van der Waals surface area contributed by atoms with Crippen LogP contribution in [-0.2, 0) is 9.53 Å². The van der Waals surface area contributed by atoms with Crippen LogP contribution < -0.4 is 5.32 Å². The van der Waals surface area contributed by atoms with E-state index in [0.29, 0.717) is 5.69 Å². The van der Waals surface area contributed by atoms with E-state index in [1.165, 1.54) is 26.0 Å². The largest absolute Gasteiger partial charge is 0.451 e. The van der Waals surface area contributed by atoms with Gasteiger partial charge in [-0.2, -0.15) is 0 Å². The quantitative estimate of drug-likeness (QED) is 0.665. The van der Waals surface area contributed by atoms with Gasteiger partial charge in [-0.25, -0.2) is 13.6 Å². The zero-order chi connectivity index (χ0) is 18.6. The maximum atomic E-state index is 13.2. The molecule has 130 valence electrons. The number of esters is 1. The van der Waals surface area contributed by atoms with Gasteiger partial charge in [0.25, 0.3) is 0 Å². The Balaban J connectivity index is 2.10. The summed E-state index contributed by atoms with van der Waals surface area (Å²) < 4.78 is 31.2. The third kappa shape index (κ3) is 4.69. The Hall–Kier alpha value is -3.09. The summed E-state index contributed by atoms with van der Waals surface area (Å²) in [6, 6.07) is 8.69. The van der Waals surface area contributed by atoms with Crippen molar-refractivity contribution in [1.29, 1.82) is 0 Å². The first-order chi connectivity index (χ1) is 11.8.